The van der Waals surface area contributed by atoms with E-state index in [1.165, 1.54) is 17.6 Å². The predicted octanol–water partition coefficient (Wildman–Crippen LogP) is 2.15. The molecule has 2 aromatic heterocycles. The Labute approximate surface area is 78.8 Å². The summed E-state index contributed by atoms with van der Waals surface area (Å²) in [6.07, 6.45) is 1.47. The lowest BCUT2D eigenvalue weighted by molar-refractivity contribution is 0.101. The highest BCUT2D eigenvalue weighted by Crippen LogP contribution is 2.22. The molecule has 0 aromatic carbocycles. The largest absolute Gasteiger partial charge is 0.461 e. The second-order valence-corrected chi connectivity index (χ2v) is 3.45. The summed E-state index contributed by atoms with van der Waals surface area (Å²) in [5.74, 6) is 0.161. The molecule has 0 unspecified atom stereocenters. The molecule has 4 heteroatoms. The molecule has 0 atom stereocenters. The molecule has 2 aromatic rings. The maximum atomic E-state index is 11.6. The lowest BCUT2D eigenvalue weighted by Gasteiger charge is -1.94. The molecule has 2 rings (SSSR count). The van der Waals surface area contributed by atoms with Gasteiger partial charge in [-0.25, -0.2) is 0 Å². The van der Waals surface area contributed by atoms with Gasteiger partial charge >= 0.3 is 0 Å². The number of ketones is 1. The van der Waals surface area contributed by atoms with Crippen LogP contribution in [0.1, 0.15) is 16.1 Å². The summed E-state index contributed by atoms with van der Waals surface area (Å²) < 4.78 is 4.97. The SMILES string of the molecule is Nc1sccc1C(=O)c1ccco1. The van der Waals surface area contributed by atoms with Crippen molar-refractivity contribution in [3.05, 3.63) is 41.2 Å². The van der Waals surface area contributed by atoms with Crippen LogP contribution in [-0.4, -0.2) is 5.78 Å². The Morgan fingerprint density at radius 3 is 2.85 bits per heavy atom. The first kappa shape index (κ1) is 8.07. The van der Waals surface area contributed by atoms with Crippen LogP contribution in [0, 0.1) is 0 Å². The Morgan fingerprint density at radius 2 is 2.31 bits per heavy atom. The summed E-state index contributed by atoms with van der Waals surface area (Å²) in [5, 5.41) is 2.31. The summed E-state index contributed by atoms with van der Waals surface area (Å²) in [4.78, 5) is 11.6. The minimum atomic E-state index is -0.163. The maximum Gasteiger partial charge on any atom is 0.231 e. The van der Waals surface area contributed by atoms with Gasteiger partial charge in [-0.1, -0.05) is 0 Å². The number of carbonyl (C=O) groups is 1. The lowest BCUT2D eigenvalue weighted by atomic mass is 10.2. The summed E-state index contributed by atoms with van der Waals surface area (Å²) in [6, 6.07) is 5.00. The molecule has 0 aliphatic rings. The molecule has 0 aliphatic carbocycles. The van der Waals surface area contributed by atoms with Crippen molar-refractivity contribution in [2.75, 3.05) is 5.73 Å². The van der Waals surface area contributed by atoms with Crippen molar-refractivity contribution in [2.45, 2.75) is 0 Å². The Kier molecular flexibility index (Phi) is 1.90. The Morgan fingerprint density at radius 1 is 1.46 bits per heavy atom. The van der Waals surface area contributed by atoms with Gasteiger partial charge in [0.15, 0.2) is 5.76 Å². The fourth-order valence-corrected chi connectivity index (χ4v) is 1.69. The number of hydrogen-bond donors (Lipinski definition) is 1. The molecule has 2 N–H and O–H groups in total. The van der Waals surface area contributed by atoms with Crippen LogP contribution in [-0.2, 0) is 0 Å². The van der Waals surface area contributed by atoms with Crippen molar-refractivity contribution >= 4 is 22.1 Å². The first-order valence-corrected chi connectivity index (χ1v) is 4.58. The lowest BCUT2D eigenvalue weighted by Crippen LogP contribution is -2.00. The summed E-state index contributed by atoms with van der Waals surface area (Å²) in [7, 11) is 0. The fourth-order valence-electron chi connectivity index (χ4n) is 1.05. The normalized spacial score (nSPS) is 10.2. The zero-order chi connectivity index (χ0) is 9.26. The van der Waals surface area contributed by atoms with Crippen LogP contribution in [0.2, 0.25) is 0 Å². The Balaban J connectivity index is 2.39. The number of thiophene rings is 1. The van der Waals surface area contributed by atoms with Crippen LogP contribution in [0.25, 0.3) is 0 Å². The maximum absolute atomic E-state index is 11.6. The molecule has 0 aliphatic heterocycles. The van der Waals surface area contributed by atoms with Gasteiger partial charge in [0.05, 0.1) is 16.8 Å². The molecular weight excluding hydrogens is 186 g/mol. The van der Waals surface area contributed by atoms with E-state index in [1.54, 1.807) is 23.6 Å². The molecule has 2 heterocycles. The topological polar surface area (TPSA) is 56.2 Å². The van der Waals surface area contributed by atoms with Crippen LogP contribution in [0.3, 0.4) is 0 Å². The second-order valence-electron chi connectivity index (χ2n) is 2.50. The van der Waals surface area contributed by atoms with E-state index < -0.39 is 0 Å². The van der Waals surface area contributed by atoms with Crippen molar-refractivity contribution in [1.82, 2.24) is 0 Å². The monoisotopic (exact) mass is 193 g/mol. The molecule has 66 valence electrons. The van der Waals surface area contributed by atoms with E-state index in [1.807, 2.05) is 0 Å². The quantitative estimate of drug-likeness (QED) is 0.743. The molecule has 0 bridgehead atoms. The van der Waals surface area contributed by atoms with Gasteiger partial charge in [-0.2, -0.15) is 0 Å². The first-order valence-electron chi connectivity index (χ1n) is 3.70. The zero-order valence-corrected chi connectivity index (χ0v) is 7.51. The number of furan rings is 1. The summed E-state index contributed by atoms with van der Waals surface area (Å²) in [6.45, 7) is 0. The third-order valence-corrected chi connectivity index (χ3v) is 2.43. The van der Waals surface area contributed by atoms with Crippen molar-refractivity contribution in [3.8, 4) is 0 Å². The number of nitrogens with two attached hydrogens (primary N) is 1. The molecule has 13 heavy (non-hydrogen) atoms. The average Bonchev–Trinajstić information content (AvgIpc) is 2.72. The van der Waals surface area contributed by atoms with Gasteiger partial charge in [-0.3, -0.25) is 4.79 Å². The highest BCUT2D eigenvalue weighted by Gasteiger charge is 2.14. The summed E-state index contributed by atoms with van der Waals surface area (Å²) in [5.41, 5.74) is 6.12. The van der Waals surface area contributed by atoms with E-state index in [9.17, 15) is 4.79 Å². The molecule has 0 amide bonds. The van der Waals surface area contributed by atoms with Gasteiger partial charge < -0.3 is 10.2 Å². The summed E-state index contributed by atoms with van der Waals surface area (Å²) >= 11 is 1.35. The molecular formula is C9H7NO2S. The van der Waals surface area contributed by atoms with Crippen molar-refractivity contribution in [1.29, 1.82) is 0 Å². The van der Waals surface area contributed by atoms with Gasteiger partial charge in [0.25, 0.3) is 0 Å². The molecule has 3 nitrogen and oxygen atoms in total. The average molecular weight is 193 g/mol. The van der Waals surface area contributed by atoms with Gasteiger partial charge in [0, 0.05) is 0 Å². The van der Waals surface area contributed by atoms with E-state index >= 15 is 0 Å². The van der Waals surface area contributed by atoms with Crippen LogP contribution in [0.5, 0.6) is 0 Å². The zero-order valence-electron chi connectivity index (χ0n) is 6.69. The number of carbonyl (C=O) groups excluding carboxylic acids is 1. The van der Waals surface area contributed by atoms with Gasteiger partial charge in [0.1, 0.15) is 0 Å². The molecule has 0 spiro atoms. The van der Waals surface area contributed by atoms with Gasteiger partial charge in [0.2, 0.25) is 5.78 Å². The Bertz CT molecular complexity index is 417. The van der Waals surface area contributed by atoms with E-state index in [-0.39, 0.29) is 5.78 Å². The van der Waals surface area contributed by atoms with E-state index in [0.717, 1.165) is 0 Å². The highest BCUT2D eigenvalue weighted by molar-refractivity contribution is 7.14. The van der Waals surface area contributed by atoms with Crippen molar-refractivity contribution in [2.24, 2.45) is 0 Å². The number of rotatable bonds is 2. The molecule has 0 fully saturated rings. The van der Waals surface area contributed by atoms with E-state index in [4.69, 9.17) is 10.2 Å². The number of anilines is 1. The minimum Gasteiger partial charge on any atom is -0.461 e. The molecule has 0 radical (unpaired) electrons. The van der Waals surface area contributed by atoms with Crippen LogP contribution >= 0.6 is 11.3 Å². The second kappa shape index (κ2) is 3.06. The van der Waals surface area contributed by atoms with Crippen LogP contribution < -0.4 is 5.73 Å². The third-order valence-electron chi connectivity index (χ3n) is 1.68. The smallest absolute Gasteiger partial charge is 0.231 e. The van der Waals surface area contributed by atoms with Gasteiger partial charge in [-0.05, 0) is 23.6 Å². The first-order chi connectivity index (χ1) is 6.29. The standard InChI is InChI=1S/C9H7NO2S/c10-9-6(3-5-13-9)8(11)7-2-1-4-12-7/h1-5H,10H2. The predicted molar refractivity (Wildman–Crippen MR) is 50.9 cm³/mol. The third kappa shape index (κ3) is 1.36. The van der Waals surface area contributed by atoms with Crippen LogP contribution in [0.4, 0.5) is 5.00 Å². The highest BCUT2D eigenvalue weighted by atomic mass is 32.1. The number of nitrogen functional groups attached to an aromatic ring is 1. The van der Waals surface area contributed by atoms with Crippen molar-refractivity contribution in [3.63, 3.8) is 0 Å². The minimum absolute atomic E-state index is 0.163. The van der Waals surface area contributed by atoms with Crippen molar-refractivity contribution < 1.29 is 9.21 Å². The fraction of sp³-hybridized carbons (Fsp3) is 0. The Hall–Kier alpha value is -1.55. The van der Waals surface area contributed by atoms with E-state index in [0.29, 0.717) is 16.3 Å². The van der Waals surface area contributed by atoms with Crippen LogP contribution in [0.15, 0.2) is 34.3 Å². The van der Waals surface area contributed by atoms with E-state index in [2.05, 4.69) is 0 Å². The molecule has 0 saturated heterocycles. The molecule has 0 saturated carbocycles. The number of hydrogen-bond acceptors (Lipinski definition) is 4. The van der Waals surface area contributed by atoms with Gasteiger partial charge in [-0.15, -0.1) is 11.3 Å².